The van der Waals surface area contributed by atoms with E-state index in [2.05, 4.69) is 22.4 Å². The van der Waals surface area contributed by atoms with E-state index in [-0.39, 0.29) is 31.3 Å². The first-order chi connectivity index (χ1) is 26.7. The summed E-state index contributed by atoms with van der Waals surface area (Å²) in [5, 5.41) is 14.5. The maximum Gasteiger partial charge on any atom is 0.306 e. The van der Waals surface area contributed by atoms with Crippen LogP contribution in [0.3, 0.4) is 0 Å². The molecule has 0 spiro atoms. The van der Waals surface area contributed by atoms with E-state index >= 15 is 0 Å². The highest BCUT2D eigenvalue weighted by Gasteiger charge is 2.23. The summed E-state index contributed by atoms with van der Waals surface area (Å²) < 4.78 is 19.7. The maximum atomic E-state index is 14.3. The summed E-state index contributed by atoms with van der Waals surface area (Å²) in [5.74, 6) is -0.850. The monoisotopic (exact) mass is 740 g/mol. The van der Waals surface area contributed by atoms with Gasteiger partial charge in [0.15, 0.2) is 0 Å². The first-order valence-electron chi connectivity index (χ1n) is 18.8. The molecular formula is C44H45FN6O4. The number of carbonyl (C=O) groups is 3. The van der Waals surface area contributed by atoms with E-state index in [1.807, 2.05) is 72.6 Å². The molecule has 0 saturated carbocycles. The molecular weight excluding hydrogens is 696 g/mol. The number of pyridine rings is 1. The van der Waals surface area contributed by atoms with Crippen LogP contribution in [0.5, 0.6) is 0 Å². The number of benzene rings is 4. The van der Waals surface area contributed by atoms with E-state index in [0.29, 0.717) is 49.3 Å². The Labute approximate surface area is 319 Å². The Balaban J connectivity index is 0.821. The van der Waals surface area contributed by atoms with E-state index in [0.717, 1.165) is 58.2 Å². The number of hydrogen-bond acceptors (Lipinski definition) is 6. The van der Waals surface area contributed by atoms with Crippen LogP contribution in [-0.4, -0.2) is 77.2 Å². The van der Waals surface area contributed by atoms with E-state index in [9.17, 15) is 18.8 Å². The average Bonchev–Trinajstić information content (AvgIpc) is 3.46. The van der Waals surface area contributed by atoms with Crippen molar-refractivity contribution in [2.45, 2.75) is 51.5 Å². The summed E-state index contributed by atoms with van der Waals surface area (Å²) >= 11 is 0. The van der Waals surface area contributed by atoms with Crippen LogP contribution in [0.4, 0.5) is 4.39 Å². The second kappa shape index (κ2) is 16.5. The van der Waals surface area contributed by atoms with Crippen molar-refractivity contribution in [3.63, 3.8) is 0 Å². The number of fused-ring (bicyclic) bond motifs is 2. The van der Waals surface area contributed by atoms with Gasteiger partial charge in [-0.2, -0.15) is 0 Å². The summed E-state index contributed by atoms with van der Waals surface area (Å²) in [6.07, 6.45) is 3.43. The van der Waals surface area contributed by atoms with Gasteiger partial charge < -0.3 is 24.8 Å². The van der Waals surface area contributed by atoms with E-state index in [4.69, 9.17) is 15.1 Å². The van der Waals surface area contributed by atoms with E-state index in [1.165, 1.54) is 28.5 Å². The van der Waals surface area contributed by atoms with Crippen LogP contribution in [0.25, 0.3) is 44.0 Å². The molecule has 2 aromatic heterocycles. The molecule has 0 saturated heterocycles. The van der Waals surface area contributed by atoms with Crippen molar-refractivity contribution in [2.24, 2.45) is 0 Å². The van der Waals surface area contributed by atoms with Gasteiger partial charge in [-0.15, -0.1) is 0 Å². The molecule has 6 aromatic rings. The third kappa shape index (κ3) is 8.36. The molecule has 1 aliphatic heterocycles. The molecule has 0 fully saturated rings. The number of esters is 1. The smallest absolute Gasteiger partial charge is 0.306 e. The van der Waals surface area contributed by atoms with Gasteiger partial charge in [-0.1, -0.05) is 60.7 Å². The topological polar surface area (TPSA) is 131 Å². The van der Waals surface area contributed by atoms with E-state index in [1.54, 1.807) is 11.9 Å². The fourth-order valence-electron chi connectivity index (χ4n) is 7.49. The molecule has 3 N–H and O–H groups in total. The number of nitrogens with zero attached hydrogens (tertiary/aromatic N) is 3. The third-order valence-corrected chi connectivity index (χ3v) is 10.4. The first kappa shape index (κ1) is 37.2. The minimum absolute atomic E-state index is 0.0130. The fraction of sp³-hybridized carbons (Fsp3) is 0.295. The zero-order chi connectivity index (χ0) is 38.5. The second-order valence-electron chi connectivity index (χ2n) is 14.2. The molecule has 0 radical (unpaired) electrons. The molecule has 11 heteroatoms. The van der Waals surface area contributed by atoms with Crippen molar-refractivity contribution >= 4 is 56.3 Å². The zero-order valence-electron chi connectivity index (χ0n) is 31.2. The second-order valence-corrected chi connectivity index (χ2v) is 14.2. The van der Waals surface area contributed by atoms with Crippen LogP contribution in [0.2, 0.25) is 0 Å². The number of aromatic nitrogens is 2. The van der Waals surface area contributed by atoms with E-state index < -0.39 is 11.8 Å². The quantitative estimate of drug-likeness (QED) is 0.0347. The SMILES string of the molecule is CN(CCCc1c2ccccc2nc2ccccc12)C(=N)CCCOC(=O)CCC(=O)N(C)Cc1ccc(-c2[nH]c3cc(F)cc4c3c2CCNC4=O)cc1. The van der Waals surface area contributed by atoms with Crippen molar-refractivity contribution in [1.29, 1.82) is 5.41 Å². The number of amides is 2. The lowest BCUT2D eigenvalue weighted by atomic mass is 9.98. The molecule has 1 aliphatic rings. The van der Waals surface area contributed by atoms with Gasteiger partial charge in [0.2, 0.25) is 5.91 Å². The molecule has 0 bridgehead atoms. The Morgan fingerprint density at radius 2 is 1.60 bits per heavy atom. The third-order valence-electron chi connectivity index (χ3n) is 10.4. The summed E-state index contributed by atoms with van der Waals surface area (Å²) in [5.41, 5.74) is 7.82. The van der Waals surface area contributed by atoms with Crippen molar-refractivity contribution in [1.82, 2.24) is 25.1 Å². The van der Waals surface area contributed by atoms with Crippen molar-refractivity contribution < 1.29 is 23.5 Å². The van der Waals surface area contributed by atoms with Crippen LogP contribution in [0, 0.1) is 11.2 Å². The molecule has 55 heavy (non-hydrogen) atoms. The molecule has 4 aromatic carbocycles. The summed E-state index contributed by atoms with van der Waals surface area (Å²) in [6.45, 7) is 1.76. The number of H-pyrrole nitrogens is 1. The normalized spacial score (nSPS) is 12.5. The highest BCUT2D eigenvalue weighted by molar-refractivity contribution is 6.10. The number of hydrogen-bond donors (Lipinski definition) is 3. The summed E-state index contributed by atoms with van der Waals surface area (Å²) in [4.78, 5) is 49.5. The van der Waals surface area contributed by atoms with Gasteiger partial charge in [-0.05, 0) is 72.2 Å². The number of para-hydroxylation sites is 2. The molecule has 2 amide bonds. The number of aromatic amines is 1. The lowest BCUT2D eigenvalue weighted by Gasteiger charge is -2.20. The van der Waals surface area contributed by atoms with Crippen LogP contribution in [0.15, 0.2) is 84.9 Å². The van der Waals surface area contributed by atoms with Gasteiger partial charge in [-0.25, -0.2) is 9.37 Å². The Hall–Kier alpha value is -6.10. The zero-order valence-corrected chi connectivity index (χ0v) is 31.2. The van der Waals surface area contributed by atoms with Gasteiger partial charge in [0.1, 0.15) is 5.82 Å². The van der Waals surface area contributed by atoms with Crippen LogP contribution in [-0.2, 0) is 33.7 Å². The number of halogens is 1. The molecule has 0 aliphatic carbocycles. The van der Waals surface area contributed by atoms with Crippen LogP contribution >= 0.6 is 0 Å². The predicted molar refractivity (Wildman–Crippen MR) is 214 cm³/mol. The maximum absolute atomic E-state index is 14.3. The largest absolute Gasteiger partial charge is 0.466 e. The number of carbonyl (C=O) groups excluding carboxylic acids is 3. The van der Waals surface area contributed by atoms with Gasteiger partial charge in [-0.3, -0.25) is 19.8 Å². The Morgan fingerprint density at radius 1 is 0.891 bits per heavy atom. The predicted octanol–water partition coefficient (Wildman–Crippen LogP) is 7.57. The summed E-state index contributed by atoms with van der Waals surface area (Å²) in [7, 11) is 3.63. The van der Waals surface area contributed by atoms with Crippen LogP contribution in [0.1, 0.15) is 59.2 Å². The van der Waals surface area contributed by atoms with Gasteiger partial charge in [0.05, 0.1) is 35.5 Å². The standard InChI is InChI=1S/C44H45FN6O4/c1-50(23-7-11-31-32-9-3-5-12-36(32)48-37-13-6-4-10-33(31)37)39(46)14-8-24-55-41(53)20-19-40(52)51(2)27-28-15-17-29(18-16-28)43-34-21-22-47-44(54)35-25-30(45)26-38(49-43)42(34)35/h3-6,9-10,12-13,15-18,25-26,46,49H,7-8,11,14,19-24,27H2,1-2H3,(H,47,54). The summed E-state index contributed by atoms with van der Waals surface area (Å²) in [6, 6.07) is 26.9. The lowest BCUT2D eigenvalue weighted by Crippen LogP contribution is -2.28. The molecule has 10 nitrogen and oxygen atoms in total. The number of amidine groups is 1. The van der Waals surface area contributed by atoms with Gasteiger partial charge >= 0.3 is 5.97 Å². The number of rotatable bonds is 14. The highest BCUT2D eigenvalue weighted by Crippen LogP contribution is 2.35. The highest BCUT2D eigenvalue weighted by atomic mass is 19.1. The van der Waals surface area contributed by atoms with Gasteiger partial charge in [0, 0.05) is 73.9 Å². The number of nitrogens with one attached hydrogen (secondary N) is 3. The first-order valence-corrected chi connectivity index (χ1v) is 18.8. The van der Waals surface area contributed by atoms with Crippen molar-refractivity contribution in [3.05, 3.63) is 113 Å². The minimum Gasteiger partial charge on any atom is -0.466 e. The molecule has 3 heterocycles. The Bertz CT molecular complexity index is 2350. The number of aryl methyl sites for hydroxylation is 1. The Morgan fingerprint density at radius 3 is 2.33 bits per heavy atom. The minimum atomic E-state index is -0.470. The molecule has 7 rings (SSSR count). The van der Waals surface area contributed by atoms with Crippen molar-refractivity contribution in [2.75, 3.05) is 33.8 Å². The fourth-order valence-corrected chi connectivity index (χ4v) is 7.49. The van der Waals surface area contributed by atoms with Gasteiger partial charge in [0.25, 0.3) is 5.91 Å². The molecule has 0 unspecified atom stereocenters. The lowest BCUT2D eigenvalue weighted by molar-refractivity contribution is -0.146. The Kier molecular flexibility index (Phi) is 11.2. The molecule has 282 valence electrons. The molecule has 0 atom stereocenters. The number of ether oxygens (including phenoxy) is 1. The van der Waals surface area contributed by atoms with Crippen molar-refractivity contribution in [3.8, 4) is 11.3 Å². The average molecular weight is 741 g/mol. The van der Waals surface area contributed by atoms with Crippen LogP contribution < -0.4 is 5.32 Å².